The lowest BCUT2D eigenvalue weighted by Crippen LogP contribution is -2.40. The van der Waals surface area contributed by atoms with Crippen LogP contribution in [0.3, 0.4) is 0 Å². The quantitative estimate of drug-likeness (QED) is 0.688. The number of rotatable bonds is 9. The molecular weight excluding hydrogens is 264 g/mol. The summed E-state index contributed by atoms with van der Waals surface area (Å²) in [4.78, 5) is 3.89. The number of benzene rings is 1. The maximum Gasteiger partial charge on any atom is 0.0473 e. The fourth-order valence-electron chi connectivity index (χ4n) is 2.55. The third-order valence-corrected chi connectivity index (χ3v) is 4.79. The molecule has 0 bridgehead atoms. The van der Waals surface area contributed by atoms with Crippen LogP contribution in [0.25, 0.3) is 0 Å². The van der Waals surface area contributed by atoms with Crippen LogP contribution in [0.4, 0.5) is 0 Å². The van der Waals surface area contributed by atoms with Crippen LogP contribution >= 0.6 is 11.8 Å². The zero-order valence-corrected chi connectivity index (χ0v) is 14.2. The van der Waals surface area contributed by atoms with Crippen LogP contribution in [0.2, 0.25) is 0 Å². The first-order chi connectivity index (χ1) is 9.67. The Balaban J connectivity index is 2.91. The number of nitrogens with two attached hydrogens (primary N) is 1. The van der Waals surface area contributed by atoms with Gasteiger partial charge in [0.05, 0.1) is 0 Å². The van der Waals surface area contributed by atoms with Crippen LogP contribution in [0.1, 0.15) is 51.6 Å². The van der Waals surface area contributed by atoms with Gasteiger partial charge in [0.15, 0.2) is 0 Å². The summed E-state index contributed by atoms with van der Waals surface area (Å²) in [6.07, 6.45) is 5.75. The molecule has 0 amide bonds. The molecule has 0 saturated carbocycles. The molecule has 0 heterocycles. The van der Waals surface area contributed by atoms with Gasteiger partial charge >= 0.3 is 0 Å². The third-order valence-electron chi connectivity index (χ3n) is 4.05. The van der Waals surface area contributed by atoms with E-state index in [-0.39, 0.29) is 0 Å². The van der Waals surface area contributed by atoms with Gasteiger partial charge in [-0.3, -0.25) is 4.90 Å². The van der Waals surface area contributed by atoms with Crippen molar-refractivity contribution in [3.8, 4) is 0 Å². The molecule has 0 aliphatic heterocycles. The van der Waals surface area contributed by atoms with Gasteiger partial charge in [-0.05, 0) is 50.3 Å². The molecule has 114 valence electrons. The van der Waals surface area contributed by atoms with Crippen molar-refractivity contribution in [2.75, 3.05) is 19.3 Å². The van der Waals surface area contributed by atoms with Gasteiger partial charge in [-0.25, -0.2) is 0 Å². The Labute approximate surface area is 129 Å². The Morgan fingerprint density at radius 3 is 2.30 bits per heavy atom. The first kappa shape index (κ1) is 17.5. The van der Waals surface area contributed by atoms with E-state index in [0.29, 0.717) is 18.6 Å². The summed E-state index contributed by atoms with van der Waals surface area (Å²) >= 11 is 1.79. The van der Waals surface area contributed by atoms with Crippen LogP contribution in [-0.4, -0.2) is 30.3 Å². The molecule has 3 heteroatoms. The molecule has 0 aliphatic rings. The van der Waals surface area contributed by atoms with E-state index in [0.717, 1.165) is 6.54 Å². The first-order valence-electron chi connectivity index (χ1n) is 7.77. The lowest BCUT2D eigenvalue weighted by atomic mass is 10.0. The molecule has 0 fully saturated rings. The van der Waals surface area contributed by atoms with Gasteiger partial charge < -0.3 is 5.73 Å². The second kappa shape index (κ2) is 9.43. The van der Waals surface area contributed by atoms with Crippen molar-refractivity contribution in [1.82, 2.24) is 4.90 Å². The van der Waals surface area contributed by atoms with Crippen LogP contribution in [0.15, 0.2) is 29.2 Å². The fourth-order valence-corrected chi connectivity index (χ4v) is 2.96. The highest BCUT2D eigenvalue weighted by Crippen LogP contribution is 2.26. The van der Waals surface area contributed by atoms with Gasteiger partial charge in [-0.2, -0.15) is 0 Å². The van der Waals surface area contributed by atoms with Crippen molar-refractivity contribution in [3.63, 3.8) is 0 Å². The summed E-state index contributed by atoms with van der Waals surface area (Å²) < 4.78 is 0. The lowest BCUT2D eigenvalue weighted by molar-refractivity contribution is 0.141. The third kappa shape index (κ3) is 4.80. The summed E-state index contributed by atoms with van der Waals surface area (Å²) in [6, 6.07) is 9.81. The van der Waals surface area contributed by atoms with Gasteiger partial charge in [0.1, 0.15) is 0 Å². The van der Waals surface area contributed by atoms with E-state index >= 15 is 0 Å². The SMILES string of the molecule is CCCCN(C(C)CC)C(CN)c1ccc(SC)cc1. The zero-order valence-electron chi connectivity index (χ0n) is 13.4. The Morgan fingerprint density at radius 2 is 1.85 bits per heavy atom. The first-order valence-corrected chi connectivity index (χ1v) is 9.00. The van der Waals surface area contributed by atoms with Gasteiger partial charge in [0, 0.05) is 23.5 Å². The molecule has 2 atom stereocenters. The molecule has 0 radical (unpaired) electrons. The Kier molecular flexibility index (Phi) is 8.27. The highest BCUT2D eigenvalue weighted by atomic mass is 32.2. The highest BCUT2D eigenvalue weighted by molar-refractivity contribution is 7.98. The number of nitrogens with zero attached hydrogens (tertiary/aromatic N) is 1. The molecule has 20 heavy (non-hydrogen) atoms. The van der Waals surface area contributed by atoms with Crippen LogP contribution in [-0.2, 0) is 0 Å². The van der Waals surface area contributed by atoms with Crippen LogP contribution < -0.4 is 5.73 Å². The number of unbranched alkanes of at least 4 members (excludes halogenated alkanes) is 1. The van der Waals surface area contributed by atoms with Crippen LogP contribution in [0.5, 0.6) is 0 Å². The standard InChI is InChI=1S/C17H30N2S/c1-5-7-12-19(14(3)6-2)17(13-18)15-8-10-16(20-4)11-9-15/h8-11,14,17H,5-7,12-13,18H2,1-4H3. The Morgan fingerprint density at radius 1 is 1.20 bits per heavy atom. The van der Waals surface area contributed by atoms with E-state index in [1.807, 2.05) is 0 Å². The van der Waals surface area contributed by atoms with E-state index in [2.05, 4.69) is 56.2 Å². The Bertz CT molecular complexity index is 364. The van der Waals surface area contributed by atoms with E-state index in [1.54, 1.807) is 11.8 Å². The van der Waals surface area contributed by atoms with Gasteiger partial charge in [0.2, 0.25) is 0 Å². The highest BCUT2D eigenvalue weighted by Gasteiger charge is 2.22. The van der Waals surface area contributed by atoms with Crippen molar-refractivity contribution < 1.29 is 0 Å². The minimum atomic E-state index is 0.340. The summed E-state index contributed by atoms with van der Waals surface area (Å²) in [5.41, 5.74) is 7.44. The average molecular weight is 295 g/mol. The predicted octanol–water partition coefficient (Wildman–Crippen LogP) is 4.31. The van der Waals surface area contributed by atoms with Crippen LogP contribution in [0, 0.1) is 0 Å². The van der Waals surface area contributed by atoms with Crippen molar-refractivity contribution in [3.05, 3.63) is 29.8 Å². The minimum Gasteiger partial charge on any atom is -0.329 e. The molecule has 1 aromatic rings. The van der Waals surface area contributed by atoms with Crippen molar-refractivity contribution >= 4 is 11.8 Å². The molecule has 2 nitrogen and oxygen atoms in total. The van der Waals surface area contributed by atoms with E-state index in [9.17, 15) is 0 Å². The maximum atomic E-state index is 6.09. The number of hydrogen-bond acceptors (Lipinski definition) is 3. The summed E-state index contributed by atoms with van der Waals surface area (Å²) in [6.45, 7) is 8.65. The van der Waals surface area contributed by atoms with Crippen molar-refractivity contribution in [1.29, 1.82) is 0 Å². The van der Waals surface area contributed by atoms with E-state index < -0.39 is 0 Å². The summed E-state index contributed by atoms with van der Waals surface area (Å²) in [7, 11) is 0. The Hall–Kier alpha value is -0.510. The van der Waals surface area contributed by atoms with E-state index in [4.69, 9.17) is 5.73 Å². The monoisotopic (exact) mass is 294 g/mol. The molecule has 1 rings (SSSR count). The zero-order chi connectivity index (χ0) is 15.0. The summed E-state index contributed by atoms with van der Waals surface area (Å²) in [5.74, 6) is 0. The van der Waals surface area contributed by atoms with Crippen molar-refractivity contribution in [2.24, 2.45) is 5.73 Å². The smallest absolute Gasteiger partial charge is 0.0473 e. The van der Waals surface area contributed by atoms with Gasteiger partial charge in [-0.1, -0.05) is 32.4 Å². The second-order valence-electron chi connectivity index (χ2n) is 5.37. The van der Waals surface area contributed by atoms with E-state index in [1.165, 1.54) is 29.7 Å². The number of thioether (sulfide) groups is 1. The minimum absolute atomic E-state index is 0.340. The topological polar surface area (TPSA) is 29.3 Å². The maximum absolute atomic E-state index is 6.09. The molecular formula is C17H30N2S. The molecule has 0 spiro atoms. The number of hydrogen-bond donors (Lipinski definition) is 1. The molecule has 0 aromatic heterocycles. The molecule has 2 unspecified atom stereocenters. The predicted molar refractivity (Wildman–Crippen MR) is 91.4 cm³/mol. The average Bonchev–Trinajstić information content (AvgIpc) is 2.51. The molecule has 1 aromatic carbocycles. The van der Waals surface area contributed by atoms with Crippen molar-refractivity contribution in [2.45, 2.75) is 57.0 Å². The summed E-state index contributed by atoms with van der Waals surface area (Å²) in [5, 5.41) is 0. The molecule has 0 saturated heterocycles. The fraction of sp³-hybridized carbons (Fsp3) is 0.647. The second-order valence-corrected chi connectivity index (χ2v) is 6.25. The lowest BCUT2D eigenvalue weighted by Gasteiger charge is -2.36. The largest absolute Gasteiger partial charge is 0.329 e. The normalized spacial score (nSPS) is 14.5. The molecule has 0 aliphatic carbocycles. The van der Waals surface area contributed by atoms with Gasteiger partial charge in [-0.15, -0.1) is 11.8 Å². The molecule has 2 N–H and O–H groups in total. The van der Waals surface area contributed by atoms with Gasteiger partial charge in [0.25, 0.3) is 0 Å².